The normalized spacial score (nSPS) is 11.6. The molecule has 0 atom stereocenters. The average Bonchev–Trinajstić information content (AvgIpc) is 2.67. The van der Waals surface area contributed by atoms with Crippen molar-refractivity contribution >= 4 is 15.9 Å². The molecule has 6 nitrogen and oxygen atoms in total. The third-order valence-electron chi connectivity index (χ3n) is 2.55. The molecule has 0 bridgehead atoms. The van der Waals surface area contributed by atoms with Gasteiger partial charge in [-0.05, 0) is 20.3 Å². The van der Waals surface area contributed by atoms with E-state index in [9.17, 15) is 13.2 Å². The minimum atomic E-state index is -3.86. The van der Waals surface area contributed by atoms with Gasteiger partial charge in [0.2, 0.25) is 10.0 Å². The topological polar surface area (TPSA) is 93.6 Å². The number of nitrogens with two attached hydrogens (primary N) is 1. The Morgan fingerprint density at radius 2 is 2.06 bits per heavy atom. The van der Waals surface area contributed by atoms with E-state index in [0.717, 1.165) is 6.42 Å². The maximum atomic E-state index is 12.1. The van der Waals surface area contributed by atoms with Crippen molar-refractivity contribution in [2.75, 3.05) is 13.1 Å². The van der Waals surface area contributed by atoms with Crippen LogP contribution in [-0.4, -0.2) is 32.3 Å². The summed E-state index contributed by atoms with van der Waals surface area (Å²) in [6.45, 7) is 6.41. The number of carbonyl (C=O) groups excluding carboxylic acids is 1. The first kappa shape index (κ1) is 14.7. The summed E-state index contributed by atoms with van der Waals surface area (Å²) in [5, 5.41) is 5.03. The molecule has 0 fully saturated rings. The number of primary sulfonamides is 1. The number of sulfonamides is 1. The van der Waals surface area contributed by atoms with Crippen molar-refractivity contribution in [1.29, 1.82) is 0 Å². The van der Waals surface area contributed by atoms with E-state index in [-0.39, 0.29) is 22.3 Å². The lowest BCUT2D eigenvalue weighted by atomic mass is 10.3. The van der Waals surface area contributed by atoms with Crippen molar-refractivity contribution in [2.45, 2.75) is 32.1 Å². The zero-order valence-electron chi connectivity index (χ0n) is 10.8. The summed E-state index contributed by atoms with van der Waals surface area (Å²) < 4.78 is 27.7. The molecule has 0 aromatic carbocycles. The fraction of sp³-hybridized carbons (Fsp3) is 0.545. The molecule has 0 aliphatic carbocycles. The van der Waals surface area contributed by atoms with Gasteiger partial charge >= 0.3 is 0 Å². The minimum Gasteiger partial charge on any atom is -0.455 e. The number of hydrogen-bond acceptors (Lipinski definition) is 4. The van der Waals surface area contributed by atoms with Crippen LogP contribution >= 0.6 is 0 Å². The average molecular weight is 274 g/mol. The fourth-order valence-electron chi connectivity index (χ4n) is 1.68. The van der Waals surface area contributed by atoms with E-state index in [1.54, 1.807) is 4.90 Å². The molecule has 1 rings (SSSR count). The number of nitrogens with zero attached hydrogens (tertiary/aromatic N) is 1. The van der Waals surface area contributed by atoms with Gasteiger partial charge < -0.3 is 9.32 Å². The van der Waals surface area contributed by atoms with E-state index in [0.29, 0.717) is 13.1 Å². The number of aryl methyl sites for hydroxylation is 1. The number of carbonyl (C=O) groups is 1. The Bertz CT molecular complexity index is 533. The van der Waals surface area contributed by atoms with Gasteiger partial charge in [0.05, 0.1) is 0 Å². The number of rotatable bonds is 5. The highest BCUT2D eigenvalue weighted by Gasteiger charge is 2.23. The Morgan fingerprint density at radius 3 is 2.44 bits per heavy atom. The van der Waals surface area contributed by atoms with Crippen molar-refractivity contribution < 1.29 is 17.6 Å². The molecule has 0 aliphatic heterocycles. The summed E-state index contributed by atoms with van der Waals surface area (Å²) in [6.07, 6.45) is 0.821. The Kier molecular flexibility index (Phi) is 4.53. The Balaban J connectivity index is 3.08. The highest BCUT2D eigenvalue weighted by molar-refractivity contribution is 7.89. The second kappa shape index (κ2) is 5.53. The molecule has 0 saturated carbocycles. The van der Waals surface area contributed by atoms with Gasteiger partial charge in [-0.3, -0.25) is 4.79 Å². The van der Waals surface area contributed by atoms with Crippen LogP contribution in [-0.2, 0) is 10.0 Å². The predicted octanol–water partition coefficient (Wildman–Crippen LogP) is 1.11. The molecule has 1 heterocycles. The smallest absolute Gasteiger partial charge is 0.289 e. The van der Waals surface area contributed by atoms with Crippen LogP contribution in [0.4, 0.5) is 0 Å². The summed E-state index contributed by atoms with van der Waals surface area (Å²) in [6, 6.07) is 1.19. The van der Waals surface area contributed by atoms with Gasteiger partial charge in [0, 0.05) is 19.2 Å². The minimum absolute atomic E-state index is 0.00632. The molecular weight excluding hydrogens is 256 g/mol. The lowest BCUT2D eigenvalue weighted by Crippen LogP contribution is -2.31. The van der Waals surface area contributed by atoms with Crippen LogP contribution in [0.1, 0.15) is 36.6 Å². The standard InChI is InChI=1S/C11H18N2O4S/c1-4-6-13(5-2)11(14)9-7-10(8(3)17-9)18(12,15)16/h7H,4-6H2,1-3H3,(H2,12,15,16). The fourth-order valence-corrected chi connectivity index (χ4v) is 2.40. The summed E-state index contributed by atoms with van der Waals surface area (Å²) in [7, 11) is -3.86. The third kappa shape index (κ3) is 3.11. The zero-order valence-corrected chi connectivity index (χ0v) is 11.6. The molecule has 0 aliphatic rings. The molecule has 7 heteroatoms. The predicted molar refractivity (Wildman–Crippen MR) is 66.7 cm³/mol. The van der Waals surface area contributed by atoms with Crippen molar-refractivity contribution in [3.63, 3.8) is 0 Å². The van der Waals surface area contributed by atoms with Gasteiger partial charge in [0.1, 0.15) is 10.7 Å². The third-order valence-corrected chi connectivity index (χ3v) is 3.57. The maximum absolute atomic E-state index is 12.1. The summed E-state index contributed by atoms with van der Waals surface area (Å²) in [5.74, 6) is -0.183. The molecule has 0 radical (unpaired) electrons. The van der Waals surface area contributed by atoms with Crippen molar-refractivity contribution in [3.05, 3.63) is 17.6 Å². The number of furan rings is 1. The monoisotopic (exact) mass is 274 g/mol. The van der Waals surface area contributed by atoms with Crippen LogP contribution in [0.5, 0.6) is 0 Å². The molecule has 18 heavy (non-hydrogen) atoms. The molecular formula is C11H18N2O4S. The first-order valence-corrected chi connectivity index (χ1v) is 7.28. The van der Waals surface area contributed by atoms with E-state index >= 15 is 0 Å². The SMILES string of the molecule is CCCN(CC)C(=O)c1cc(S(N)(=O)=O)c(C)o1. The van der Waals surface area contributed by atoms with Gasteiger partial charge in [-0.25, -0.2) is 13.6 Å². The molecule has 102 valence electrons. The van der Waals surface area contributed by atoms with Crippen LogP contribution < -0.4 is 5.14 Å². The lowest BCUT2D eigenvalue weighted by Gasteiger charge is -2.18. The zero-order chi connectivity index (χ0) is 13.9. The van der Waals surface area contributed by atoms with Crippen LogP contribution in [0, 0.1) is 6.92 Å². The van der Waals surface area contributed by atoms with Crippen LogP contribution in [0.2, 0.25) is 0 Å². The van der Waals surface area contributed by atoms with E-state index in [1.165, 1.54) is 13.0 Å². The summed E-state index contributed by atoms with van der Waals surface area (Å²) in [4.78, 5) is 13.5. The number of amides is 1. The van der Waals surface area contributed by atoms with E-state index in [1.807, 2.05) is 13.8 Å². The molecule has 2 N–H and O–H groups in total. The van der Waals surface area contributed by atoms with Crippen molar-refractivity contribution in [2.24, 2.45) is 5.14 Å². The van der Waals surface area contributed by atoms with Crippen LogP contribution in [0.15, 0.2) is 15.4 Å². The molecule has 0 spiro atoms. The Labute approximate surface area is 107 Å². The van der Waals surface area contributed by atoms with Gasteiger partial charge in [-0.1, -0.05) is 6.92 Å². The van der Waals surface area contributed by atoms with E-state index < -0.39 is 10.0 Å². The Morgan fingerprint density at radius 1 is 1.44 bits per heavy atom. The van der Waals surface area contributed by atoms with E-state index in [2.05, 4.69) is 0 Å². The molecule has 0 unspecified atom stereocenters. The largest absolute Gasteiger partial charge is 0.455 e. The van der Waals surface area contributed by atoms with Gasteiger partial charge in [0.25, 0.3) is 5.91 Å². The van der Waals surface area contributed by atoms with Crippen molar-refractivity contribution in [1.82, 2.24) is 4.90 Å². The first-order valence-electron chi connectivity index (χ1n) is 5.73. The second-order valence-corrected chi connectivity index (χ2v) is 5.49. The highest BCUT2D eigenvalue weighted by Crippen LogP contribution is 2.20. The number of hydrogen-bond donors (Lipinski definition) is 1. The van der Waals surface area contributed by atoms with Gasteiger partial charge in [0.15, 0.2) is 5.76 Å². The summed E-state index contributed by atoms with van der Waals surface area (Å²) >= 11 is 0. The molecule has 0 saturated heterocycles. The van der Waals surface area contributed by atoms with E-state index in [4.69, 9.17) is 9.56 Å². The summed E-state index contributed by atoms with van der Waals surface area (Å²) in [5.41, 5.74) is 0. The first-order chi connectivity index (χ1) is 8.31. The lowest BCUT2D eigenvalue weighted by molar-refractivity contribution is 0.0731. The molecule has 1 aromatic heterocycles. The van der Waals surface area contributed by atoms with Gasteiger partial charge in [-0.2, -0.15) is 0 Å². The van der Waals surface area contributed by atoms with Crippen LogP contribution in [0.3, 0.4) is 0 Å². The second-order valence-electron chi connectivity index (χ2n) is 3.96. The highest BCUT2D eigenvalue weighted by atomic mass is 32.2. The molecule has 1 aromatic rings. The maximum Gasteiger partial charge on any atom is 0.289 e. The van der Waals surface area contributed by atoms with Crippen LogP contribution in [0.25, 0.3) is 0 Å². The molecule has 1 amide bonds. The Hall–Kier alpha value is -1.34. The van der Waals surface area contributed by atoms with Gasteiger partial charge in [-0.15, -0.1) is 0 Å². The quantitative estimate of drug-likeness (QED) is 0.870. The van der Waals surface area contributed by atoms with Crippen molar-refractivity contribution in [3.8, 4) is 0 Å².